The number of carbonyl (C=O) groups is 4. The minimum Gasteiger partial charge on any atom is -0.492 e. The monoisotopic (exact) mass is 776 g/mol. The van der Waals surface area contributed by atoms with E-state index in [0.29, 0.717) is 47.8 Å². The molecule has 0 aromatic heterocycles. The lowest BCUT2D eigenvalue weighted by molar-refractivity contribution is -0.136. The molecule has 5 heterocycles. The molecule has 1 spiro atoms. The van der Waals surface area contributed by atoms with Crippen molar-refractivity contribution in [2.75, 3.05) is 62.7 Å². The Balaban J connectivity index is 0.848. The van der Waals surface area contributed by atoms with E-state index in [1.165, 1.54) is 36.9 Å². The molecule has 12 nitrogen and oxygen atoms in total. The van der Waals surface area contributed by atoms with E-state index in [0.717, 1.165) is 87.5 Å². The SMILES string of the molecule is CCc1cc(OC(N)=O)c(OC)c(Cc2ccccc2)c1N1CCC(CN2CCC3(CC2)CCN(c2ccc4c(c2)CN(C2CCC(=O)NC2=O)C4=O)CC3)CC1. The van der Waals surface area contributed by atoms with Crippen LogP contribution < -0.4 is 30.3 Å². The van der Waals surface area contributed by atoms with E-state index < -0.39 is 12.1 Å². The second kappa shape index (κ2) is 16.4. The number of nitrogens with one attached hydrogen (secondary N) is 1. The zero-order valence-corrected chi connectivity index (χ0v) is 33.4. The molecule has 302 valence electrons. The Labute approximate surface area is 335 Å². The number of amides is 4. The molecule has 4 amide bonds. The van der Waals surface area contributed by atoms with Gasteiger partial charge in [-0.15, -0.1) is 0 Å². The van der Waals surface area contributed by atoms with Crippen LogP contribution in [0, 0.1) is 11.3 Å². The van der Waals surface area contributed by atoms with Crippen LogP contribution in [0.5, 0.6) is 11.5 Å². The third-order valence-corrected chi connectivity index (χ3v) is 13.5. The van der Waals surface area contributed by atoms with Crippen LogP contribution >= 0.6 is 0 Å². The lowest BCUT2D eigenvalue weighted by Crippen LogP contribution is -2.52. The fourth-order valence-corrected chi connectivity index (χ4v) is 10.2. The van der Waals surface area contributed by atoms with Gasteiger partial charge in [-0.3, -0.25) is 19.7 Å². The van der Waals surface area contributed by atoms with Crippen LogP contribution in [-0.4, -0.2) is 92.6 Å². The lowest BCUT2D eigenvalue weighted by atomic mass is 9.71. The van der Waals surface area contributed by atoms with Crippen molar-refractivity contribution in [3.63, 3.8) is 0 Å². The highest BCUT2D eigenvalue weighted by atomic mass is 16.6. The smallest absolute Gasteiger partial charge is 0.410 e. The van der Waals surface area contributed by atoms with Crippen molar-refractivity contribution in [3.8, 4) is 11.5 Å². The zero-order valence-electron chi connectivity index (χ0n) is 33.4. The molecule has 0 saturated carbocycles. The van der Waals surface area contributed by atoms with Gasteiger partial charge in [-0.25, -0.2) is 4.79 Å². The van der Waals surface area contributed by atoms with Crippen LogP contribution in [0.15, 0.2) is 54.6 Å². The van der Waals surface area contributed by atoms with Crippen LogP contribution in [-0.2, 0) is 29.0 Å². The third kappa shape index (κ3) is 8.06. The van der Waals surface area contributed by atoms with Crippen molar-refractivity contribution in [2.24, 2.45) is 17.1 Å². The molecule has 3 N–H and O–H groups in total. The first kappa shape index (κ1) is 38.8. The maximum Gasteiger partial charge on any atom is 0.410 e. The highest BCUT2D eigenvalue weighted by molar-refractivity contribution is 6.05. The van der Waals surface area contributed by atoms with Gasteiger partial charge in [0.15, 0.2) is 11.5 Å². The number of primary amides is 1. The third-order valence-electron chi connectivity index (χ3n) is 13.5. The van der Waals surface area contributed by atoms with E-state index in [2.05, 4.69) is 51.2 Å². The number of carbonyl (C=O) groups excluding carboxylic acids is 4. The number of imide groups is 1. The molecule has 8 rings (SSSR count). The van der Waals surface area contributed by atoms with Crippen LogP contribution in [0.1, 0.15) is 90.9 Å². The summed E-state index contributed by atoms with van der Waals surface area (Å²) >= 11 is 0. The number of piperidine rings is 4. The molecule has 57 heavy (non-hydrogen) atoms. The molecule has 0 bridgehead atoms. The Morgan fingerprint density at radius 2 is 1.61 bits per heavy atom. The first-order valence-electron chi connectivity index (χ1n) is 20.9. The maximum atomic E-state index is 13.2. The zero-order chi connectivity index (χ0) is 39.7. The van der Waals surface area contributed by atoms with E-state index in [4.69, 9.17) is 15.2 Å². The number of likely N-dealkylation sites (tertiary alicyclic amines) is 1. The van der Waals surface area contributed by atoms with E-state index in [9.17, 15) is 19.2 Å². The molecule has 1 unspecified atom stereocenters. The van der Waals surface area contributed by atoms with Gasteiger partial charge in [-0.2, -0.15) is 0 Å². The summed E-state index contributed by atoms with van der Waals surface area (Å²) in [6.07, 6.45) is 8.33. The molecule has 5 aliphatic rings. The summed E-state index contributed by atoms with van der Waals surface area (Å²) in [7, 11) is 1.63. The van der Waals surface area contributed by atoms with Crippen molar-refractivity contribution in [1.29, 1.82) is 0 Å². The van der Waals surface area contributed by atoms with Crippen molar-refractivity contribution in [3.05, 3.63) is 82.4 Å². The summed E-state index contributed by atoms with van der Waals surface area (Å²) in [5, 5.41) is 2.39. The fourth-order valence-electron chi connectivity index (χ4n) is 10.2. The lowest BCUT2D eigenvalue weighted by Gasteiger charge is -2.48. The average Bonchev–Trinajstić information content (AvgIpc) is 3.54. The summed E-state index contributed by atoms with van der Waals surface area (Å²) in [6, 6.07) is 17.8. The van der Waals surface area contributed by atoms with Gasteiger partial charge in [-0.05, 0) is 117 Å². The second-order valence-corrected chi connectivity index (χ2v) is 16.8. The highest BCUT2D eigenvalue weighted by Gasteiger charge is 2.41. The number of aryl methyl sites for hydroxylation is 1. The number of rotatable bonds is 10. The van der Waals surface area contributed by atoms with Gasteiger partial charge in [-0.1, -0.05) is 37.3 Å². The minimum atomic E-state index is -0.846. The first-order valence-corrected chi connectivity index (χ1v) is 20.9. The largest absolute Gasteiger partial charge is 0.492 e. The van der Waals surface area contributed by atoms with Gasteiger partial charge in [0, 0.05) is 74.6 Å². The van der Waals surface area contributed by atoms with Crippen molar-refractivity contribution in [2.45, 2.75) is 83.7 Å². The standard InChI is InChI=1S/C45H56N6O6/c1-3-32-27-38(57-44(46)55)41(56-2)36(25-30-7-5-4-6-8-30)40(32)50-19-13-31(14-20-50)28-48-21-15-45(16-22-48)17-23-49(24-18-45)34-9-10-35-33(26-34)29-51(43(35)54)37-11-12-39(52)47-42(37)53/h4-10,26-27,31,37H,3,11-25,28-29H2,1-2H3,(H2,46,55)(H,47,52,53). The van der Waals surface area contributed by atoms with E-state index in [1.807, 2.05) is 30.3 Å². The maximum absolute atomic E-state index is 13.2. The van der Waals surface area contributed by atoms with Crippen LogP contribution in [0.3, 0.4) is 0 Å². The Hall–Kier alpha value is -5.10. The van der Waals surface area contributed by atoms with Gasteiger partial charge in [0.25, 0.3) is 5.91 Å². The van der Waals surface area contributed by atoms with Crippen LogP contribution in [0.25, 0.3) is 0 Å². The molecule has 4 saturated heterocycles. The summed E-state index contributed by atoms with van der Waals surface area (Å²) in [6.45, 7) is 9.95. The summed E-state index contributed by atoms with van der Waals surface area (Å²) < 4.78 is 11.4. The molecular formula is C45H56N6O6. The number of anilines is 2. The number of fused-ring (bicyclic) bond motifs is 1. The number of methoxy groups -OCH3 is 1. The van der Waals surface area contributed by atoms with E-state index >= 15 is 0 Å². The number of hydrogen-bond acceptors (Lipinski definition) is 9. The fraction of sp³-hybridized carbons (Fsp3) is 0.511. The molecule has 5 aliphatic heterocycles. The second-order valence-electron chi connectivity index (χ2n) is 16.8. The average molecular weight is 777 g/mol. The van der Waals surface area contributed by atoms with Gasteiger partial charge in [0.1, 0.15) is 6.04 Å². The number of ether oxygens (including phenoxy) is 2. The van der Waals surface area contributed by atoms with Gasteiger partial charge >= 0.3 is 6.09 Å². The Morgan fingerprint density at radius 1 is 0.895 bits per heavy atom. The topological polar surface area (TPSA) is 138 Å². The Morgan fingerprint density at radius 3 is 2.28 bits per heavy atom. The van der Waals surface area contributed by atoms with Crippen LogP contribution in [0.4, 0.5) is 16.2 Å². The number of nitrogens with zero attached hydrogens (tertiary/aromatic N) is 4. The molecule has 0 radical (unpaired) electrons. The molecular weight excluding hydrogens is 721 g/mol. The molecule has 3 aromatic carbocycles. The molecule has 4 fully saturated rings. The van der Waals surface area contributed by atoms with Crippen molar-refractivity contribution in [1.82, 2.24) is 15.1 Å². The van der Waals surface area contributed by atoms with Crippen molar-refractivity contribution >= 4 is 35.2 Å². The van der Waals surface area contributed by atoms with Gasteiger partial charge in [0.05, 0.1) is 7.11 Å². The quantitative estimate of drug-likeness (QED) is 0.250. The van der Waals surface area contributed by atoms with Gasteiger partial charge < -0.3 is 34.8 Å². The molecule has 3 aromatic rings. The first-order chi connectivity index (χ1) is 27.6. The summed E-state index contributed by atoms with van der Waals surface area (Å²) in [5.74, 6) is 0.834. The molecule has 12 heteroatoms. The molecule has 1 atom stereocenters. The Bertz CT molecular complexity index is 1990. The number of benzene rings is 3. The van der Waals surface area contributed by atoms with E-state index in [-0.39, 0.29) is 24.1 Å². The normalized spacial score (nSPS) is 21.5. The predicted molar refractivity (Wildman–Crippen MR) is 219 cm³/mol. The predicted octanol–water partition coefficient (Wildman–Crippen LogP) is 5.67. The highest BCUT2D eigenvalue weighted by Crippen LogP contribution is 2.45. The molecule has 0 aliphatic carbocycles. The van der Waals surface area contributed by atoms with Crippen LogP contribution in [0.2, 0.25) is 0 Å². The minimum absolute atomic E-state index is 0.122. The number of nitrogens with two attached hydrogens (primary N) is 1. The number of hydrogen-bond donors (Lipinski definition) is 2. The van der Waals surface area contributed by atoms with Gasteiger partial charge in [0.2, 0.25) is 11.8 Å². The summed E-state index contributed by atoms with van der Waals surface area (Å²) in [5.41, 5.74) is 13.2. The van der Waals surface area contributed by atoms with Crippen molar-refractivity contribution < 1.29 is 28.7 Å². The summed E-state index contributed by atoms with van der Waals surface area (Å²) in [4.78, 5) is 58.6. The van der Waals surface area contributed by atoms with E-state index in [1.54, 1.807) is 12.0 Å². The Kier molecular flexibility index (Phi) is 11.2.